The third-order valence-electron chi connectivity index (χ3n) is 2.11. The van der Waals surface area contributed by atoms with E-state index in [1.807, 2.05) is 0 Å². The second-order valence-corrected chi connectivity index (χ2v) is 6.04. The van der Waals surface area contributed by atoms with E-state index in [-0.39, 0.29) is 10.4 Å². The molecule has 82 valence electrons. The quantitative estimate of drug-likeness (QED) is 0.687. The van der Waals surface area contributed by atoms with Crippen LogP contribution >= 0.6 is 0 Å². The molecule has 0 radical (unpaired) electrons. The second-order valence-electron chi connectivity index (χ2n) is 3.54. The van der Waals surface area contributed by atoms with Crippen LogP contribution < -0.4 is 5.46 Å². The minimum absolute atomic E-state index is 0.114. The average molecular weight is 228 g/mol. The SMILES string of the molecule is CC(C)S(=O)(=O)c1cccc(B(O)O)c1. The fourth-order valence-electron chi connectivity index (χ4n) is 1.12. The molecule has 0 aliphatic rings. The van der Waals surface area contributed by atoms with Gasteiger partial charge in [-0.3, -0.25) is 0 Å². The maximum absolute atomic E-state index is 11.7. The molecule has 0 spiro atoms. The van der Waals surface area contributed by atoms with Crippen molar-refractivity contribution < 1.29 is 18.5 Å². The minimum atomic E-state index is -3.36. The molecule has 0 fully saturated rings. The van der Waals surface area contributed by atoms with Crippen LogP contribution in [-0.2, 0) is 9.84 Å². The first-order valence-electron chi connectivity index (χ1n) is 4.55. The lowest BCUT2D eigenvalue weighted by molar-refractivity contribution is 0.425. The van der Waals surface area contributed by atoms with E-state index >= 15 is 0 Å². The first kappa shape index (κ1) is 12.2. The fraction of sp³-hybridized carbons (Fsp3) is 0.333. The summed E-state index contributed by atoms with van der Waals surface area (Å²) in [5.41, 5.74) is 0.178. The summed E-state index contributed by atoms with van der Waals surface area (Å²) in [4.78, 5) is 0.114. The topological polar surface area (TPSA) is 74.6 Å². The summed E-state index contributed by atoms with van der Waals surface area (Å²) in [7, 11) is -5.00. The Labute approximate surface area is 89.6 Å². The van der Waals surface area contributed by atoms with Crippen LogP contribution in [0.3, 0.4) is 0 Å². The Morgan fingerprint density at radius 1 is 1.27 bits per heavy atom. The van der Waals surface area contributed by atoms with Gasteiger partial charge in [0.2, 0.25) is 0 Å². The van der Waals surface area contributed by atoms with Gasteiger partial charge in [-0.1, -0.05) is 12.1 Å². The summed E-state index contributed by atoms with van der Waals surface area (Å²) in [6.07, 6.45) is 0. The number of benzene rings is 1. The van der Waals surface area contributed by atoms with Crippen LogP contribution in [0.5, 0.6) is 0 Å². The Balaban J connectivity index is 3.23. The van der Waals surface area contributed by atoms with Gasteiger partial charge in [-0.05, 0) is 31.4 Å². The predicted octanol–water partition coefficient (Wildman–Crippen LogP) is -0.452. The molecule has 0 atom stereocenters. The van der Waals surface area contributed by atoms with E-state index in [4.69, 9.17) is 10.0 Å². The fourth-order valence-corrected chi connectivity index (χ4v) is 2.24. The molecular weight excluding hydrogens is 215 g/mol. The van der Waals surface area contributed by atoms with Crippen molar-refractivity contribution in [2.45, 2.75) is 24.0 Å². The van der Waals surface area contributed by atoms with Crippen LogP contribution in [0.4, 0.5) is 0 Å². The van der Waals surface area contributed by atoms with Crippen LogP contribution in [0.2, 0.25) is 0 Å². The summed E-state index contributed by atoms with van der Waals surface area (Å²) in [6, 6.07) is 5.68. The van der Waals surface area contributed by atoms with Crippen molar-refractivity contribution in [2.75, 3.05) is 0 Å². The second kappa shape index (κ2) is 4.34. The monoisotopic (exact) mass is 228 g/mol. The van der Waals surface area contributed by atoms with E-state index in [0.29, 0.717) is 0 Å². The van der Waals surface area contributed by atoms with Gasteiger partial charge in [0.25, 0.3) is 0 Å². The first-order valence-corrected chi connectivity index (χ1v) is 6.10. The van der Waals surface area contributed by atoms with Crippen molar-refractivity contribution in [1.82, 2.24) is 0 Å². The molecular formula is C9H13BO4S. The third-order valence-corrected chi connectivity index (χ3v) is 4.26. The number of hydrogen-bond acceptors (Lipinski definition) is 4. The highest BCUT2D eigenvalue weighted by Crippen LogP contribution is 2.13. The molecule has 1 aromatic rings. The van der Waals surface area contributed by atoms with Crippen LogP contribution in [0.25, 0.3) is 0 Å². The van der Waals surface area contributed by atoms with Gasteiger partial charge in [-0.25, -0.2) is 8.42 Å². The summed E-state index contributed by atoms with van der Waals surface area (Å²) in [5.74, 6) is 0. The van der Waals surface area contributed by atoms with Crippen LogP contribution in [0.1, 0.15) is 13.8 Å². The summed E-state index contributed by atoms with van der Waals surface area (Å²) in [6.45, 7) is 3.16. The molecule has 0 aliphatic heterocycles. The van der Waals surface area contributed by atoms with Gasteiger partial charge in [0.05, 0.1) is 10.1 Å². The minimum Gasteiger partial charge on any atom is -0.423 e. The smallest absolute Gasteiger partial charge is 0.423 e. The zero-order valence-corrected chi connectivity index (χ0v) is 9.40. The largest absolute Gasteiger partial charge is 0.488 e. The predicted molar refractivity (Wildman–Crippen MR) is 58.6 cm³/mol. The Bertz CT molecular complexity index is 439. The van der Waals surface area contributed by atoms with Gasteiger partial charge in [-0.15, -0.1) is 0 Å². The van der Waals surface area contributed by atoms with E-state index < -0.39 is 22.2 Å². The molecule has 0 aromatic heterocycles. The number of rotatable bonds is 3. The van der Waals surface area contributed by atoms with Gasteiger partial charge in [0.15, 0.2) is 9.84 Å². The summed E-state index contributed by atoms with van der Waals surface area (Å²) in [5, 5.41) is 17.3. The highest BCUT2D eigenvalue weighted by atomic mass is 32.2. The maximum atomic E-state index is 11.7. The summed E-state index contributed by atoms with van der Waals surface area (Å²) >= 11 is 0. The lowest BCUT2D eigenvalue weighted by atomic mass is 9.80. The van der Waals surface area contributed by atoms with Gasteiger partial charge >= 0.3 is 7.12 Å². The van der Waals surface area contributed by atoms with E-state index in [1.165, 1.54) is 24.3 Å². The van der Waals surface area contributed by atoms with Gasteiger partial charge in [0, 0.05) is 0 Å². The lowest BCUT2D eigenvalue weighted by Crippen LogP contribution is -2.30. The van der Waals surface area contributed by atoms with Crippen molar-refractivity contribution in [1.29, 1.82) is 0 Å². The average Bonchev–Trinajstić information content (AvgIpc) is 2.17. The van der Waals surface area contributed by atoms with Crippen LogP contribution in [0, 0.1) is 0 Å². The molecule has 2 N–H and O–H groups in total. The van der Waals surface area contributed by atoms with Crippen molar-refractivity contribution in [3.8, 4) is 0 Å². The Kier molecular flexibility index (Phi) is 3.54. The Hall–Kier alpha value is -0.845. The zero-order valence-electron chi connectivity index (χ0n) is 8.58. The highest BCUT2D eigenvalue weighted by Gasteiger charge is 2.21. The number of sulfone groups is 1. The molecule has 1 aromatic carbocycles. The molecule has 0 bridgehead atoms. The molecule has 1 rings (SSSR count). The Morgan fingerprint density at radius 3 is 2.33 bits per heavy atom. The third kappa shape index (κ3) is 2.59. The number of hydrogen-bond donors (Lipinski definition) is 2. The zero-order chi connectivity index (χ0) is 11.6. The van der Waals surface area contributed by atoms with E-state index in [1.54, 1.807) is 13.8 Å². The van der Waals surface area contributed by atoms with Crippen molar-refractivity contribution in [3.05, 3.63) is 24.3 Å². The molecule has 0 saturated carbocycles. The normalized spacial score (nSPS) is 11.8. The molecule has 4 nitrogen and oxygen atoms in total. The van der Waals surface area contributed by atoms with Crippen molar-refractivity contribution in [2.24, 2.45) is 0 Å². The molecule has 0 aliphatic carbocycles. The van der Waals surface area contributed by atoms with Crippen LogP contribution in [-0.4, -0.2) is 30.8 Å². The van der Waals surface area contributed by atoms with Crippen molar-refractivity contribution in [3.63, 3.8) is 0 Å². The maximum Gasteiger partial charge on any atom is 0.488 e. The standard InChI is InChI=1S/C9H13BO4S/c1-7(2)15(13,14)9-5-3-4-8(6-9)10(11)12/h3-7,11-12H,1-2H3. The van der Waals surface area contributed by atoms with E-state index in [0.717, 1.165) is 0 Å². The summed E-state index contributed by atoms with van der Waals surface area (Å²) < 4.78 is 23.5. The molecule has 0 unspecified atom stereocenters. The molecule has 0 saturated heterocycles. The van der Waals surface area contributed by atoms with Gasteiger partial charge in [0.1, 0.15) is 0 Å². The van der Waals surface area contributed by atoms with Gasteiger partial charge < -0.3 is 10.0 Å². The van der Waals surface area contributed by atoms with E-state index in [2.05, 4.69) is 0 Å². The Morgan fingerprint density at radius 2 is 1.87 bits per heavy atom. The van der Waals surface area contributed by atoms with Crippen LogP contribution in [0.15, 0.2) is 29.2 Å². The molecule has 15 heavy (non-hydrogen) atoms. The molecule has 6 heteroatoms. The first-order chi connectivity index (χ1) is 6.85. The molecule has 0 amide bonds. The van der Waals surface area contributed by atoms with E-state index in [9.17, 15) is 8.42 Å². The van der Waals surface area contributed by atoms with Gasteiger partial charge in [-0.2, -0.15) is 0 Å². The highest BCUT2D eigenvalue weighted by molar-refractivity contribution is 7.92. The van der Waals surface area contributed by atoms with Crippen molar-refractivity contribution >= 4 is 22.4 Å². The molecule has 0 heterocycles. The lowest BCUT2D eigenvalue weighted by Gasteiger charge is -2.08.